The molecule has 0 aliphatic heterocycles. The molecule has 0 spiro atoms. The highest BCUT2D eigenvalue weighted by Crippen LogP contribution is 2.28. The molecule has 0 atom stereocenters. The molecule has 0 bridgehead atoms. The van der Waals surface area contributed by atoms with Gasteiger partial charge < -0.3 is 10.5 Å². The predicted octanol–water partition coefficient (Wildman–Crippen LogP) is 2.68. The normalized spacial score (nSPS) is 10.7. The largest absolute Gasteiger partial charge is 0.489 e. The molecular weight excluding hydrogens is 226 g/mol. The SMILES string of the molecule is CC=CCOc1ccccc1-c1ccnc(N)n1. The van der Waals surface area contributed by atoms with Gasteiger partial charge in [-0.05, 0) is 25.1 Å². The maximum atomic E-state index is 5.68. The van der Waals surface area contributed by atoms with Crippen molar-refractivity contribution in [2.75, 3.05) is 12.3 Å². The summed E-state index contributed by atoms with van der Waals surface area (Å²) in [6.07, 6.45) is 5.54. The number of nitrogens with two attached hydrogens (primary N) is 1. The van der Waals surface area contributed by atoms with Crippen molar-refractivity contribution in [3.63, 3.8) is 0 Å². The summed E-state index contributed by atoms with van der Waals surface area (Å²) in [6.45, 7) is 2.49. The summed E-state index contributed by atoms with van der Waals surface area (Å²) in [7, 11) is 0. The van der Waals surface area contributed by atoms with Crippen LogP contribution in [0.2, 0.25) is 0 Å². The van der Waals surface area contributed by atoms with Crippen LogP contribution in [0.25, 0.3) is 11.3 Å². The van der Waals surface area contributed by atoms with Crippen LogP contribution >= 0.6 is 0 Å². The highest BCUT2D eigenvalue weighted by Gasteiger charge is 2.06. The Bertz CT molecular complexity index is 552. The average Bonchev–Trinajstić information content (AvgIpc) is 2.40. The van der Waals surface area contributed by atoms with E-state index < -0.39 is 0 Å². The Labute approximate surface area is 106 Å². The number of aromatic nitrogens is 2. The first-order valence-corrected chi connectivity index (χ1v) is 5.73. The van der Waals surface area contributed by atoms with Crippen molar-refractivity contribution in [1.29, 1.82) is 0 Å². The van der Waals surface area contributed by atoms with E-state index in [0.29, 0.717) is 6.61 Å². The number of nitrogens with zero attached hydrogens (tertiary/aromatic N) is 2. The second kappa shape index (κ2) is 5.82. The van der Waals surface area contributed by atoms with Crippen molar-refractivity contribution in [3.8, 4) is 17.0 Å². The van der Waals surface area contributed by atoms with Gasteiger partial charge in [-0.15, -0.1) is 0 Å². The van der Waals surface area contributed by atoms with Crippen LogP contribution in [0, 0.1) is 0 Å². The minimum atomic E-state index is 0.260. The first-order chi connectivity index (χ1) is 8.81. The number of allylic oxidation sites excluding steroid dienone is 1. The molecule has 0 radical (unpaired) electrons. The summed E-state index contributed by atoms with van der Waals surface area (Å²) in [5.41, 5.74) is 7.27. The van der Waals surface area contributed by atoms with E-state index in [0.717, 1.165) is 17.0 Å². The van der Waals surface area contributed by atoms with Crippen molar-refractivity contribution >= 4 is 5.95 Å². The first kappa shape index (κ1) is 12.1. The van der Waals surface area contributed by atoms with E-state index in [4.69, 9.17) is 10.5 Å². The minimum Gasteiger partial charge on any atom is -0.489 e. The number of rotatable bonds is 4. The molecule has 18 heavy (non-hydrogen) atoms. The third-order valence-corrected chi connectivity index (χ3v) is 2.41. The van der Waals surface area contributed by atoms with Gasteiger partial charge in [0.2, 0.25) is 5.95 Å². The Balaban J connectivity index is 2.32. The van der Waals surface area contributed by atoms with Crippen molar-refractivity contribution in [3.05, 3.63) is 48.7 Å². The van der Waals surface area contributed by atoms with E-state index in [1.807, 2.05) is 49.4 Å². The standard InChI is InChI=1S/C14H15N3O/c1-2-3-10-18-13-7-5-4-6-11(13)12-8-9-16-14(15)17-12/h2-9H,10H2,1H3,(H2,15,16,17). The third kappa shape index (κ3) is 2.85. The Hall–Kier alpha value is -2.36. The number of para-hydroxylation sites is 1. The Morgan fingerprint density at radius 1 is 1.28 bits per heavy atom. The zero-order valence-electron chi connectivity index (χ0n) is 10.2. The van der Waals surface area contributed by atoms with E-state index in [9.17, 15) is 0 Å². The van der Waals surface area contributed by atoms with E-state index in [1.165, 1.54) is 0 Å². The molecule has 0 aliphatic rings. The Kier molecular flexibility index (Phi) is 3.91. The fourth-order valence-corrected chi connectivity index (χ4v) is 1.56. The van der Waals surface area contributed by atoms with Gasteiger partial charge in [0.25, 0.3) is 0 Å². The second-order valence-electron chi connectivity index (χ2n) is 3.68. The molecular formula is C14H15N3O. The fourth-order valence-electron chi connectivity index (χ4n) is 1.56. The quantitative estimate of drug-likeness (QED) is 0.836. The Morgan fingerprint density at radius 2 is 2.11 bits per heavy atom. The highest BCUT2D eigenvalue weighted by atomic mass is 16.5. The maximum absolute atomic E-state index is 5.68. The van der Waals surface area contributed by atoms with Gasteiger partial charge in [0.1, 0.15) is 12.4 Å². The summed E-state index contributed by atoms with van der Waals surface area (Å²) in [5, 5.41) is 0. The first-order valence-electron chi connectivity index (χ1n) is 5.73. The average molecular weight is 241 g/mol. The molecule has 1 aromatic heterocycles. The van der Waals surface area contributed by atoms with Crippen molar-refractivity contribution in [2.45, 2.75) is 6.92 Å². The lowest BCUT2D eigenvalue weighted by molar-refractivity contribution is 0.364. The second-order valence-corrected chi connectivity index (χ2v) is 3.68. The number of hydrogen-bond acceptors (Lipinski definition) is 4. The van der Waals surface area contributed by atoms with Crippen LogP contribution < -0.4 is 10.5 Å². The summed E-state index contributed by atoms with van der Waals surface area (Å²) < 4.78 is 5.68. The van der Waals surface area contributed by atoms with Crippen molar-refractivity contribution < 1.29 is 4.74 Å². The van der Waals surface area contributed by atoms with Gasteiger partial charge in [-0.2, -0.15) is 0 Å². The molecule has 1 heterocycles. The van der Waals surface area contributed by atoms with Gasteiger partial charge in [0.05, 0.1) is 5.69 Å². The molecule has 2 N–H and O–H groups in total. The molecule has 0 unspecified atom stereocenters. The molecule has 2 aromatic rings. The maximum Gasteiger partial charge on any atom is 0.220 e. The topological polar surface area (TPSA) is 61.0 Å². The van der Waals surface area contributed by atoms with Gasteiger partial charge in [-0.3, -0.25) is 0 Å². The zero-order chi connectivity index (χ0) is 12.8. The number of nitrogen functional groups attached to an aromatic ring is 1. The summed E-state index contributed by atoms with van der Waals surface area (Å²) in [6, 6.07) is 9.55. The zero-order valence-corrected chi connectivity index (χ0v) is 10.2. The molecule has 4 nitrogen and oxygen atoms in total. The van der Waals surface area contributed by atoms with Gasteiger partial charge >= 0.3 is 0 Å². The molecule has 0 aliphatic carbocycles. The van der Waals surface area contributed by atoms with Gasteiger partial charge in [0, 0.05) is 11.8 Å². The van der Waals surface area contributed by atoms with E-state index in [2.05, 4.69) is 9.97 Å². The molecule has 4 heteroatoms. The van der Waals surface area contributed by atoms with Crippen LogP contribution in [0.4, 0.5) is 5.95 Å². The molecule has 0 fully saturated rings. The van der Waals surface area contributed by atoms with Crippen LogP contribution in [0.1, 0.15) is 6.92 Å². The summed E-state index contributed by atoms with van der Waals surface area (Å²) >= 11 is 0. The molecule has 0 saturated carbocycles. The predicted molar refractivity (Wildman–Crippen MR) is 72.2 cm³/mol. The monoisotopic (exact) mass is 241 g/mol. The fraction of sp³-hybridized carbons (Fsp3) is 0.143. The van der Waals surface area contributed by atoms with Crippen LogP contribution in [0.3, 0.4) is 0 Å². The molecule has 0 amide bonds. The molecule has 0 saturated heterocycles. The lowest BCUT2D eigenvalue weighted by atomic mass is 10.1. The van der Waals surface area contributed by atoms with Crippen LogP contribution in [-0.4, -0.2) is 16.6 Å². The lowest BCUT2D eigenvalue weighted by Gasteiger charge is -2.09. The number of benzene rings is 1. The molecule has 92 valence electrons. The van der Waals surface area contributed by atoms with Crippen LogP contribution in [0.15, 0.2) is 48.7 Å². The van der Waals surface area contributed by atoms with E-state index in [1.54, 1.807) is 6.20 Å². The van der Waals surface area contributed by atoms with E-state index in [-0.39, 0.29) is 5.95 Å². The summed E-state index contributed by atoms with van der Waals surface area (Å²) in [5.74, 6) is 1.05. The third-order valence-electron chi connectivity index (χ3n) is 2.41. The lowest BCUT2D eigenvalue weighted by Crippen LogP contribution is -1.98. The van der Waals surface area contributed by atoms with Crippen LogP contribution in [-0.2, 0) is 0 Å². The number of anilines is 1. The smallest absolute Gasteiger partial charge is 0.220 e. The van der Waals surface area contributed by atoms with Crippen molar-refractivity contribution in [2.24, 2.45) is 0 Å². The van der Waals surface area contributed by atoms with Gasteiger partial charge in [-0.1, -0.05) is 24.3 Å². The highest BCUT2D eigenvalue weighted by molar-refractivity contribution is 5.67. The molecule has 1 aromatic carbocycles. The minimum absolute atomic E-state index is 0.260. The van der Waals surface area contributed by atoms with Gasteiger partial charge in [0.15, 0.2) is 0 Å². The number of ether oxygens (including phenoxy) is 1. The number of hydrogen-bond donors (Lipinski definition) is 1. The van der Waals surface area contributed by atoms with Gasteiger partial charge in [-0.25, -0.2) is 9.97 Å². The van der Waals surface area contributed by atoms with Crippen LogP contribution in [0.5, 0.6) is 5.75 Å². The molecule has 2 rings (SSSR count). The van der Waals surface area contributed by atoms with E-state index >= 15 is 0 Å². The summed E-state index contributed by atoms with van der Waals surface area (Å²) in [4.78, 5) is 8.09. The Morgan fingerprint density at radius 3 is 2.89 bits per heavy atom. The van der Waals surface area contributed by atoms with Crippen molar-refractivity contribution in [1.82, 2.24) is 9.97 Å².